The standard InChI is InChI=1S/C16H25NO/c1-2-3-13-4-8-15(9-5-13)17-16-10-6-14(12-18)7-11-16/h6-7,10-11,13,15,17-18H,2-5,8-9,12H2,1H3. The van der Waals surface area contributed by atoms with Crippen molar-refractivity contribution in [3.63, 3.8) is 0 Å². The summed E-state index contributed by atoms with van der Waals surface area (Å²) in [6, 6.07) is 8.77. The van der Waals surface area contributed by atoms with Gasteiger partial charge in [0.2, 0.25) is 0 Å². The van der Waals surface area contributed by atoms with Crippen LogP contribution in [0.5, 0.6) is 0 Å². The largest absolute Gasteiger partial charge is 0.392 e. The molecule has 2 nitrogen and oxygen atoms in total. The van der Waals surface area contributed by atoms with Crippen LogP contribution in [0.3, 0.4) is 0 Å². The maximum atomic E-state index is 9.01. The second-order valence-corrected chi connectivity index (χ2v) is 5.51. The highest BCUT2D eigenvalue weighted by atomic mass is 16.3. The highest BCUT2D eigenvalue weighted by Gasteiger charge is 2.20. The zero-order chi connectivity index (χ0) is 12.8. The Balaban J connectivity index is 1.80. The van der Waals surface area contributed by atoms with Crippen LogP contribution in [0.15, 0.2) is 24.3 Å². The molecule has 0 unspecified atom stereocenters. The van der Waals surface area contributed by atoms with Gasteiger partial charge >= 0.3 is 0 Å². The van der Waals surface area contributed by atoms with Gasteiger partial charge in [-0.2, -0.15) is 0 Å². The summed E-state index contributed by atoms with van der Waals surface area (Å²) >= 11 is 0. The van der Waals surface area contributed by atoms with Gasteiger partial charge in [-0.05, 0) is 49.3 Å². The first-order chi connectivity index (χ1) is 8.81. The Hall–Kier alpha value is -1.02. The minimum atomic E-state index is 0.127. The van der Waals surface area contributed by atoms with Crippen LogP contribution in [0.4, 0.5) is 5.69 Å². The number of aliphatic hydroxyl groups is 1. The molecule has 1 aromatic rings. The van der Waals surface area contributed by atoms with Gasteiger partial charge in [0.15, 0.2) is 0 Å². The molecule has 2 heteroatoms. The normalized spacial score (nSPS) is 23.9. The molecule has 0 saturated heterocycles. The molecule has 1 aromatic carbocycles. The summed E-state index contributed by atoms with van der Waals surface area (Å²) in [6.45, 7) is 2.41. The summed E-state index contributed by atoms with van der Waals surface area (Å²) in [5.74, 6) is 0.963. The third kappa shape index (κ3) is 3.74. The maximum Gasteiger partial charge on any atom is 0.0681 e. The number of rotatable bonds is 5. The highest BCUT2D eigenvalue weighted by molar-refractivity contribution is 5.45. The molecule has 1 aliphatic rings. The van der Waals surface area contributed by atoms with Crippen LogP contribution in [0.2, 0.25) is 0 Å². The van der Waals surface area contributed by atoms with Crippen LogP contribution in [0.1, 0.15) is 51.0 Å². The van der Waals surface area contributed by atoms with Gasteiger partial charge in [-0.15, -0.1) is 0 Å². The maximum absolute atomic E-state index is 9.01. The van der Waals surface area contributed by atoms with Gasteiger partial charge in [-0.1, -0.05) is 31.9 Å². The fourth-order valence-electron chi connectivity index (χ4n) is 2.95. The summed E-state index contributed by atoms with van der Waals surface area (Å²) in [7, 11) is 0. The van der Waals surface area contributed by atoms with Crippen LogP contribution in [-0.2, 0) is 6.61 Å². The van der Waals surface area contributed by atoms with Crippen molar-refractivity contribution < 1.29 is 5.11 Å². The zero-order valence-corrected chi connectivity index (χ0v) is 11.4. The Kier molecular flexibility index (Phi) is 5.06. The first kappa shape index (κ1) is 13.4. The summed E-state index contributed by atoms with van der Waals surface area (Å²) in [4.78, 5) is 0. The van der Waals surface area contributed by atoms with E-state index in [1.165, 1.54) is 44.2 Å². The van der Waals surface area contributed by atoms with Crippen LogP contribution < -0.4 is 5.32 Å². The lowest BCUT2D eigenvalue weighted by Crippen LogP contribution is -2.26. The molecule has 18 heavy (non-hydrogen) atoms. The van der Waals surface area contributed by atoms with Gasteiger partial charge in [0.1, 0.15) is 0 Å². The molecule has 2 rings (SSSR count). The molecule has 0 spiro atoms. The number of hydrogen-bond acceptors (Lipinski definition) is 2. The molecule has 1 aliphatic carbocycles. The van der Waals surface area contributed by atoms with E-state index < -0.39 is 0 Å². The number of benzene rings is 1. The molecule has 0 aromatic heterocycles. The monoisotopic (exact) mass is 247 g/mol. The lowest BCUT2D eigenvalue weighted by atomic mass is 9.83. The molecule has 0 bridgehead atoms. The summed E-state index contributed by atoms with van der Waals surface area (Å²) < 4.78 is 0. The molecule has 1 saturated carbocycles. The Labute approximate surface area is 110 Å². The lowest BCUT2D eigenvalue weighted by molar-refractivity contribution is 0.282. The van der Waals surface area contributed by atoms with Crippen LogP contribution in [0, 0.1) is 5.92 Å². The predicted molar refractivity (Wildman–Crippen MR) is 76.6 cm³/mol. The second-order valence-electron chi connectivity index (χ2n) is 5.51. The van der Waals surface area contributed by atoms with Crippen molar-refractivity contribution in [1.82, 2.24) is 0 Å². The van der Waals surface area contributed by atoms with Crippen molar-refractivity contribution in [2.45, 2.75) is 58.1 Å². The molecular weight excluding hydrogens is 222 g/mol. The van der Waals surface area contributed by atoms with Crippen molar-refractivity contribution >= 4 is 5.69 Å². The number of anilines is 1. The van der Waals surface area contributed by atoms with E-state index in [9.17, 15) is 0 Å². The second kappa shape index (κ2) is 6.79. The van der Waals surface area contributed by atoms with Crippen molar-refractivity contribution in [3.05, 3.63) is 29.8 Å². The molecular formula is C16H25NO. The smallest absolute Gasteiger partial charge is 0.0681 e. The molecule has 1 fully saturated rings. The lowest BCUT2D eigenvalue weighted by Gasteiger charge is -2.29. The van der Waals surface area contributed by atoms with Crippen molar-refractivity contribution in [1.29, 1.82) is 0 Å². The van der Waals surface area contributed by atoms with E-state index in [1.54, 1.807) is 0 Å². The quantitative estimate of drug-likeness (QED) is 0.825. The Morgan fingerprint density at radius 2 is 1.78 bits per heavy atom. The SMILES string of the molecule is CCCC1CCC(Nc2ccc(CO)cc2)CC1. The number of aliphatic hydroxyl groups excluding tert-OH is 1. The van der Waals surface area contributed by atoms with Crippen LogP contribution >= 0.6 is 0 Å². The third-order valence-corrected chi connectivity index (χ3v) is 4.05. The van der Waals surface area contributed by atoms with E-state index in [1.807, 2.05) is 12.1 Å². The van der Waals surface area contributed by atoms with Gasteiger partial charge in [0.05, 0.1) is 6.61 Å². The van der Waals surface area contributed by atoms with E-state index in [0.717, 1.165) is 11.5 Å². The average Bonchev–Trinajstić information content (AvgIpc) is 2.42. The van der Waals surface area contributed by atoms with E-state index in [4.69, 9.17) is 5.11 Å². The molecule has 0 heterocycles. The molecule has 0 aliphatic heterocycles. The minimum absolute atomic E-state index is 0.127. The first-order valence-electron chi connectivity index (χ1n) is 7.28. The summed E-state index contributed by atoms with van der Waals surface area (Å²) in [6.07, 6.45) is 8.07. The van der Waals surface area contributed by atoms with E-state index in [0.29, 0.717) is 6.04 Å². The van der Waals surface area contributed by atoms with Crippen LogP contribution in [-0.4, -0.2) is 11.1 Å². The Bertz CT molecular complexity index is 339. The van der Waals surface area contributed by atoms with E-state index in [-0.39, 0.29) is 6.61 Å². The van der Waals surface area contributed by atoms with Gasteiger partial charge in [0, 0.05) is 11.7 Å². The first-order valence-corrected chi connectivity index (χ1v) is 7.28. The van der Waals surface area contributed by atoms with Gasteiger partial charge in [0.25, 0.3) is 0 Å². The summed E-state index contributed by atoms with van der Waals surface area (Å²) in [5, 5.41) is 12.6. The van der Waals surface area contributed by atoms with Gasteiger partial charge < -0.3 is 10.4 Å². The molecule has 0 radical (unpaired) electrons. The molecule has 0 amide bonds. The molecule has 0 atom stereocenters. The zero-order valence-electron chi connectivity index (χ0n) is 11.4. The Morgan fingerprint density at radius 3 is 2.33 bits per heavy atom. The van der Waals surface area contributed by atoms with Gasteiger partial charge in [-0.3, -0.25) is 0 Å². The van der Waals surface area contributed by atoms with Gasteiger partial charge in [-0.25, -0.2) is 0 Å². The Morgan fingerprint density at radius 1 is 1.11 bits per heavy atom. The van der Waals surface area contributed by atoms with Crippen molar-refractivity contribution in [2.24, 2.45) is 5.92 Å². The molecule has 100 valence electrons. The topological polar surface area (TPSA) is 32.3 Å². The number of nitrogens with one attached hydrogen (secondary N) is 1. The fourth-order valence-corrected chi connectivity index (χ4v) is 2.95. The number of hydrogen-bond donors (Lipinski definition) is 2. The fraction of sp³-hybridized carbons (Fsp3) is 0.625. The van der Waals surface area contributed by atoms with E-state index >= 15 is 0 Å². The third-order valence-electron chi connectivity index (χ3n) is 4.05. The molecule has 2 N–H and O–H groups in total. The summed E-state index contributed by atoms with van der Waals surface area (Å²) in [5.41, 5.74) is 2.17. The van der Waals surface area contributed by atoms with Crippen molar-refractivity contribution in [2.75, 3.05) is 5.32 Å². The highest BCUT2D eigenvalue weighted by Crippen LogP contribution is 2.29. The minimum Gasteiger partial charge on any atom is -0.392 e. The average molecular weight is 247 g/mol. The van der Waals surface area contributed by atoms with Crippen molar-refractivity contribution in [3.8, 4) is 0 Å². The predicted octanol–water partition coefficient (Wildman–Crippen LogP) is 3.95. The van der Waals surface area contributed by atoms with E-state index in [2.05, 4.69) is 24.4 Å². The van der Waals surface area contributed by atoms with Crippen LogP contribution in [0.25, 0.3) is 0 Å².